The Bertz CT molecular complexity index is 1280. The highest BCUT2D eigenvalue weighted by Gasteiger charge is 2.65. The number of aromatic amines is 1. The van der Waals surface area contributed by atoms with Crippen LogP contribution in [-0.2, 0) is 12.8 Å². The van der Waals surface area contributed by atoms with Gasteiger partial charge in [-0.25, -0.2) is 4.98 Å². The first-order chi connectivity index (χ1) is 15.3. The van der Waals surface area contributed by atoms with E-state index in [1.807, 2.05) is 6.07 Å². The van der Waals surface area contributed by atoms with Crippen LogP contribution in [0.1, 0.15) is 52.4 Å². The van der Waals surface area contributed by atoms with Gasteiger partial charge in [0.25, 0.3) is 5.91 Å². The maximum absolute atomic E-state index is 13.0. The number of carbonyl (C=O) groups excluding carboxylic acids is 1. The van der Waals surface area contributed by atoms with Crippen molar-refractivity contribution in [1.29, 1.82) is 0 Å². The van der Waals surface area contributed by atoms with Crippen molar-refractivity contribution in [1.82, 2.24) is 14.9 Å². The average molecular weight is 487 g/mol. The van der Waals surface area contributed by atoms with Gasteiger partial charge >= 0.3 is 10.2 Å². The number of carbonyl (C=O) groups is 1. The molecule has 0 spiro atoms. The fourth-order valence-electron chi connectivity index (χ4n) is 5.07. The van der Waals surface area contributed by atoms with Gasteiger partial charge in [0.1, 0.15) is 10.5 Å². The number of nitrogens with one attached hydrogen (secondary N) is 1. The quantitative estimate of drug-likeness (QED) is 0.337. The van der Waals surface area contributed by atoms with Gasteiger partial charge in [-0.05, 0) is 73.4 Å². The lowest BCUT2D eigenvalue weighted by molar-refractivity contribution is 0.0714. The van der Waals surface area contributed by atoms with Crippen LogP contribution in [0.3, 0.4) is 0 Å². The molecule has 1 aliphatic carbocycles. The molecule has 3 heterocycles. The molecule has 1 fully saturated rings. The van der Waals surface area contributed by atoms with E-state index in [0.717, 1.165) is 31.0 Å². The summed E-state index contributed by atoms with van der Waals surface area (Å²) < 4.78 is 65.2. The first-order valence-corrected chi connectivity index (χ1v) is 12.7. The molecule has 5 nitrogen and oxygen atoms in total. The summed E-state index contributed by atoms with van der Waals surface area (Å²) in [6, 6.07) is 3.15. The number of halogens is 5. The number of hydrogen-bond acceptors (Lipinski definition) is 3. The number of H-pyrrole nitrogens is 1. The number of nitrogens with zero attached hydrogens (tertiary/aromatic N) is 2. The molecule has 2 aromatic heterocycles. The van der Waals surface area contributed by atoms with Gasteiger partial charge in [-0.1, -0.05) is 19.4 Å². The third-order valence-corrected chi connectivity index (χ3v) is 7.84. The summed E-state index contributed by atoms with van der Waals surface area (Å²) in [6.07, 6.45) is 6.27. The summed E-state index contributed by atoms with van der Waals surface area (Å²) in [5, 5.41) is 1.17. The predicted molar refractivity (Wildman–Crippen MR) is 118 cm³/mol. The number of likely N-dealkylation sites (tertiary alicyclic amines) is 1. The molecular formula is C22H23F5N4OS. The van der Waals surface area contributed by atoms with Crippen molar-refractivity contribution in [3.05, 3.63) is 52.8 Å². The number of benzene rings is 1. The van der Waals surface area contributed by atoms with Crippen molar-refractivity contribution in [2.75, 3.05) is 18.8 Å². The Morgan fingerprint density at radius 1 is 1.09 bits per heavy atom. The maximum atomic E-state index is 13.0. The first-order valence-electron chi connectivity index (χ1n) is 10.7. The van der Waals surface area contributed by atoms with E-state index in [0.29, 0.717) is 25.9 Å². The molecular weight excluding hydrogens is 463 g/mol. The van der Waals surface area contributed by atoms with Crippen molar-refractivity contribution in [2.24, 2.45) is 0 Å². The fourth-order valence-corrected chi connectivity index (χ4v) is 5.74. The van der Waals surface area contributed by atoms with Gasteiger partial charge in [0.05, 0.1) is 5.56 Å². The number of pyridine rings is 1. The lowest BCUT2D eigenvalue weighted by Gasteiger charge is -2.40. The number of fused-ring (bicyclic) bond motifs is 3. The van der Waals surface area contributed by atoms with Gasteiger partial charge in [-0.2, -0.15) is 0 Å². The van der Waals surface area contributed by atoms with E-state index < -0.39 is 26.7 Å². The SMILES string of the molecule is Nc1cc(S(F)(F)(F)(F)F)ccc1C(=O)N1CCC(c2ccnc3[nH]c4c(c23)CCC4)CC1. The van der Waals surface area contributed by atoms with E-state index in [1.54, 1.807) is 6.20 Å². The number of amides is 1. The van der Waals surface area contributed by atoms with Crippen LogP contribution in [0.5, 0.6) is 0 Å². The van der Waals surface area contributed by atoms with Gasteiger partial charge < -0.3 is 15.6 Å². The Hall–Kier alpha value is -2.82. The molecule has 0 radical (unpaired) electrons. The number of hydrogen-bond donors (Lipinski definition) is 2. The van der Waals surface area contributed by atoms with Crippen molar-refractivity contribution < 1.29 is 24.2 Å². The average Bonchev–Trinajstić information content (AvgIpc) is 3.32. The Kier molecular flexibility index (Phi) is 4.41. The monoisotopic (exact) mass is 486 g/mol. The molecule has 5 rings (SSSR count). The molecule has 3 N–H and O–H groups in total. The zero-order chi connectivity index (χ0) is 23.7. The van der Waals surface area contributed by atoms with E-state index in [4.69, 9.17) is 5.73 Å². The van der Waals surface area contributed by atoms with Gasteiger partial charge in [-0.15, -0.1) is 0 Å². The van der Waals surface area contributed by atoms with Crippen LogP contribution in [0.2, 0.25) is 0 Å². The summed E-state index contributed by atoms with van der Waals surface area (Å²) in [7, 11) is -9.86. The number of aromatic nitrogens is 2. The minimum Gasteiger partial charge on any atom is -0.398 e. The second kappa shape index (κ2) is 6.62. The third-order valence-electron chi connectivity index (χ3n) is 6.69. The first kappa shape index (κ1) is 22.0. The number of nitrogen functional groups attached to an aromatic ring is 1. The second-order valence-corrected chi connectivity index (χ2v) is 11.3. The molecule has 1 aliphatic heterocycles. The lowest BCUT2D eigenvalue weighted by Crippen LogP contribution is -2.38. The van der Waals surface area contributed by atoms with E-state index in [2.05, 4.69) is 9.97 Å². The summed E-state index contributed by atoms with van der Waals surface area (Å²) in [5.41, 5.74) is 9.43. The summed E-state index contributed by atoms with van der Waals surface area (Å²) in [5.74, 6) is -0.338. The highest BCUT2D eigenvalue weighted by atomic mass is 32.5. The van der Waals surface area contributed by atoms with Crippen molar-refractivity contribution in [2.45, 2.75) is 42.9 Å². The molecule has 33 heavy (non-hydrogen) atoms. The van der Waals surface area contributed by atoms with Crippen molar-refractivity contribution in [3.63, 3.8) is 0 Å². The van der Waals surface area contributed by atoms with Crippen LogP contribution in [0, 0.1) is 0 Å². The van der Waals surface area contributed by atoms with Gasteiger partial charge in [0.2, 0.25) is 0 Å². The molecule has 0 saturated carbocycles. The van der Waals surface area contributed by atoms with E-state index >= 15 is 0 Å². The molecule has 0 bridgehead atoms. The van der Waals surface area contributed by atoms with Crippen molar-refractivity contribution in [3.8, 4) is 0 Å². The molecule has 3 aromatic rings. The highest BCUT2D eigenvalue weighted by Crippen LogP contribution is 3.02. The fraction of sp³-hybridized carbons (Fsp3) is 0.364. The second-order valence-electron chi connectivity index (χ2n) is 8.84. The number of aryl methyl sites for hydroxylation is 2. The smallest absolute Gasteiger partial charge is 0.310 e. The largest absolute Gasteiger partial charge is 0.398 e. The molecule has 1 amide bonds. The zero-order valence-electron chi connectivity index (χ0n) is 17.6. The van der Waals surface area contributed by atoms with Crippen LogP contribution in [0.25, 0.3) is 11.0 Å². The Morgan fingerprint density at radius 3 is 2.48 bits per heavy atom. The number of piperidine rings is 1. The molecule has 0 atom stereocenters. The van der Waals surface area contributed by atoms with Crippen molar-refractivity contribution >= 4 is 32.9 Å². The molecule has 1 saturated heterocycles. The van der Waals surface area contributed by atoms with Crippen LogP contribution < -0.4 is 5.73 Å². The zero-order valence-corrected chi connectivity index (χ0v) is 18.4. The molecule has 11 heteroatoms. The normalized spacial score (nSPS) is 19.4. The van der Waals surface area contributed by atoms with Gasteiger partial charge in [0.15, 0.2) is 0 Å². The van der Waals surface area contributed by atoms with Gasteiger partial charge in [0, 0.05) is 36.1 Å². The highest BCUT2D eigenvalue weighted by molar-refractivity contribution is 8.45. The summed E-state index contributed by atoms with van der Waals surface area (Å²) >= 11 is 0. The van der Waals surface area contributed by atoms with Gasteiger partial charge in [-0.3, -0.25) is 4.79 Å². The molecule has 0 unspecified atom stereocenters. The van der Waals surface area contributed by atoms with Crippen LogP contribution in [-0.4, -0.2) is 33.9 Å². The maximum Gasteiger partial charge on any atom is 0.310 e. The Labute approximate surface area is 186 Å². The van der Waals surface area contributed by atoms with Crippen LogP contribution in [0.4, 0.5) is 25.1 Å². The minimum atomic E-state index is -9.86. The molecule has 1 aromatic carbocycles. The number of anilines is 1. The third kappa shape index (κ3) is 3.92. The van der Waals surface area contributed by atoms with E-state index in [-0.39, 0.29) is 23.6 Å². The van der Waals surface area contributed by atoms with E-state index in [1.165, 1.54) is 27.1 Å². The Morgan fingerprint density at radius 2 is 1.82 bits per heavy atom. The summed E-state index contributed by atoms with van der Waals surface area (Å²) in [6.45, 7) is 0.783. The minimum absolute atomic E-state index is 0.154. The van der Waals surface area contributed by atoms with Crippen LogP contribution in [0.15, 0.2) is 35.4 Å². The van der Waals surface area contributed by atoms with E-state index in [9.17, 15) is 24.2 Å². The predicted octanol–water partition coefficient (Wildman–Crippen LogP) is 6.31. The number of nitrogens with two attached hydrogens (primary N) is 1. The standard InChI is InChI=1S/C22H23F5N4OS/c23-33(24,25,26,27)14-4-5-16(18(28)12-14)22(32)31-10-7-13(8-11-31)15-6-9-29-21-20(15)17-2-1-3-19(17)30-21/h4-6,9,12-13H,1-3,7-8,10-11,28H2,(H,29,30). The molecule has 178 valence electrons. The Balaban J connectivity index is 1.34. The summed E-state index contributed by atoms with van der Waals surface area (Å²) in [4.78, 5) is 20.2. The topological polar surface area (TPSA) is 75.0 Å². The number of rotatable bonds is 3. The lowest BCUT2D eigenvalue weighted by atomic mass is 9.87. The molecule has 2 aliphatic rings. The van der Waals surface area contributed by atoms with Crippen LogP contribution >= 0.6 is 10.2 Å².